The van der Waals surface area contributed by atoms with E-state index in [1.165, 1.54) is 36.5 Å². The highest BCUT2D eigenvalue weighted by atomic mass is 19.4. The summed E-state index contributed by atoms with van der Waals surface area (Å²) in [7, 11) is 0. The standard InChI is InChI=1S/C16H11F3N2O3/c17-16(18,19)13-3-1-2-12(8-13)14(22)21-20-9-10-4-6-11(7-5-10)15(23)24/h1-9H,(H,21,22)(H,23,24)/b20-9-. The number of carbonyl (C=O) groups is 2. The van der Waals surface area contributed by atoms with Crippen LogP contribution >= 0.6 is 0 Å². The lowest BCUT2D eigenvalue weighted by molar-refractivity contribution is -0.137. The minimum Gasteiger partial charge on any atom is -0.478 e. The Bertz CT molecular complexity index is 784. The topological polar surface area (TPSA) is 78.8 Å². The molecule has 0 saturated carbocycles. The Morgan fingerprint density at radius 1 is 1.04 bits per heavy atom. The van der Waals surface area contributed by atoms with Gasteiger partial charge in [0.25, 0.3) is 5.91 Å². The molecule has 2 aromatic rings. The second-order valence-electron chi connectivity index (χ2n) is 4.70. The van der Waals surface area contributed by atoms with Crippen LogP contribution in [-0.4, -0.2) is 23.2 Å². The molecule has 2 aromatic carbocycles. The van der Waals surface area contributed by atoms with Crippen molar-refractivity contribution in [1.29, 1.82) is 0 Å². The van der Waals surface area contributed by atoms with Crippen LogP contribution in [0.4, 0.5) is 13.2 Å². The molecule has 0 aliphatic carbocycles. The molecule has 0 bridgehead atoms. The van der Waals surface area contributed by atoms with Crippen LogP contribution in [-0.2, 0) is 6.18 Å². The molecule has 0 aliphatic heterocycles. The number of hydrogen-bond acceptors (Lipinski definition) is 3. The van der Waals surface area contributed by atoms with Gasteiger partial charge in [0.15, 0.2) is 0 Å². The molecule has 0 unspecified atom stereocenters. The summed E-state index contributed by atoms with van der Waals surface area (Å²) >= 11 is 0. The molecule has 0 radical (unpaired) electrons. The van der Waals surface area contributed by atoms with Gasteiger partial charge in [-0.15, -0.1) is 0 Å². The number of hydrazone groups is 1. The van der Waals surface area contributed by atoms with E-state index < -0.39 is 23.6 Å². The van der Waals surface area contributed by atoms with Crippen LogP contribution in [0, 0.1) is 0 Å². The van der Waals surface area contributed by atoms with Crippen molar-refractivity contribution in [3.63, 3.8) is 0 Å². The number of carbonyl (C=O) groups excluding carboxylic acids is 1. The zero-order valence-corrected chi connectivity index (χ0v) is 12.0. The van der Waals surface area contributed by atoms with E-state index >= 15 is 0 Å². The third kappa shape index (κ3) is 4.42. The average molecular weight is 336 g/mol. The van der Waals surface area contributed by atoms with Crippen molar-refractivity contribution in [2.24, 2.45) is 5.10 Å². The lowest BCUT2D eigenvalue weighted by Gasteiger charge is -2.07. The Kier molecular flexibility index (Phi) is 4.98. The molecule has 24 heavy (non-hydrogen) atoms. The van der Waals surface area contributed by atoms with Gasteiger partial charge in [0.2, 0.25) is 0 Å². The van der Waals surface area contributed by atoms with Crippen LogP contribution in [0.2, 0.25) is 0 Å². The van der Waals surface area contributed by atoms with Gasteiger partial charge in [-0.05, 0) is 35.9 Å². The zero-order chi connectivity index (χ0) is 17.7. The molecule has 0 aromatic heterocycles. The van der Waals surface area contributed by atoms with Crippen LogP contribution < -0.4 is 5.43 Å². The first kappa shape index (κ1) is 17.2. The van der Waals surface area contributed by atoms with E-state index in [0.29, 0.717) is 5.56 Å². The first-order valence-corrected chi connectivity index (χ1v) is 6.61. The molecular weight excluding hydrogens is 325 g/mol. The van der Waals surface area contributed by atoms with Crippen LogP contribution in [0.25, 0.3) is 0 Å². The fraction of sp³-hybridized carbons (Fsp3) is 0.0625. The number of benzene rings is 2. The highest BCUT2D eigenvalue weighted by Gasteiger charge is 2.30. The fourth-order valence-corrected chi connectivity index (χ4v) is 1.78. The number of carboxylic acids is 1. The fourth-order valence-electron chi connectivity index (χ4n) is 1.78. The first-order chi connectivity index (χ1) is 11.3. The van der Waals surface area contributed by atoms with Gasteiger partial charge >= 0.3 is 12.1 Å². The molecule has 2 rings (SSSR count). The van der Waals surface area contributed by atoms with Gasteiger partial charge in [-0.2, -0.15) is 18.3 Å². The van der Waals surface area contributed by atoms with Crippen molar-refractivity contribution >= 4 is 18.1 Å². The molecule has 124 valence electrons. The van der Waals surface area contributed by atoms with Crippen LogP contribution in [0.3, 0.4) is 0 Å². The number of aromatic carboxylic acids is 1. The number of carboxylic acid groups (broad SMARTS) is 1. The predicted molar refractivity (Wildman–Crippen MR) is 79.9 cm³/mol. The Morgan fingerprint density at radius 2 is 1.71 bits per heavy atom. The van der Waals surface area contributed by atoms with E-state index in [-0.39, 0.29) is 11.1 Å². The van der Waals surface area contributed by atoms with Crippen molar-refractivity contribution in [3.8, 4) is 0 Å². The molecule has 0 spiro atoms. The highest BCUT2D eigenvalue weighted by Crippen LogP contribution is 2.29. The summed E-state index contributed by atoms with van der Waals surface area (Å²) in [6.07, 6.45) is -3.29. The molecule has 0 fully saturated rings. The summed E-state index contributed by atoms with van der Waals surface area (Å²) in [5, 5.41) is 12.4. The van der Waals surface area contributed by atoms with E-state index in [1.807, 2.05) is 0 Å². The average Bonchev–Trinajstić information content (AvgIpc) is 2.54. The van der Waals surface area contributed by atoms with Gasteiger partial charge in [-0.25, -0.2) is 10.2 Å². The number of alkyl halides is 3. The summed E-state index contributed by atoms with van der Waals surface area (Å²) in [4.78, 5) is 22.5. The smallest absolute Gasteiger partial charge is 0.416 e. The van der Waals surface area contributed by atoms with Crippen LogP contribution in [0.5, 0.6) is 0 Å². The summed E-state index contributed by atoms with van der Waals surface area (Å²) < 4.78 is 37.8. The summed E-state index contributed by atoms with van der Waals surface area (Å²) in [6, 6.07) is 9.63. The first-order valence-electron chi connectivity index (χ1n) is 6.61. The molecule has 0 atom stereocenters. The van der Waals surface area contributed by atoms with Crippen molar-refractivity contribution in [2.45, 2.75) is 6.18 Å². The molecule has 5 nitrogen and oxygen atoms in total. The molecule has 1 amide bonds. The van der Waals surface area contributed by atoms with Gasteiger partial charge in [0, 0.05) is 5.56 Å². The summed E-state index contributed by atoms with van der Waals surface area (Å²) in [5.41, 5.74) is 1.62. The molecule has 0 aliphatic rings. The van der Waals surface area contributed by atoms with E-state index in [9.17, 15) is 22.8 Å². The Balaban J connectivity index is 2.04. The summed E-state index contributed by atoms with van der Waals surface area (Å²) in [5.74, 6) is -1.86. The maximum Gasteiger partial charge on any atom is 0.416 e. The number of hydrogen-bond donors (Lipinski definition) is 2. The van der Waals surface area contributed by atoms with Gasteiger partial charge in [0.1, 0.15) is 0 Å². The zero-order valence-electron chi connectivity index (χ0n) is 12.0. The van der Waals surface area contributed by atoms with Crippen LogP contribution in [0.1, 0.15) is 31.8 Å². The molecular formula is C16H11F3N2O3. The van der Waals surface area contributed by atoms with Gasteiger partial charge in [0.05, 0.1) is 17.3 Å². The second kappa shape index (κ2) is 6.95. The maximum absolute atomic E-state index is 12.6. The Labute approximate surface area is 134 Å². The molecule has 8 heteroatoms. The maximum atomic E-state index is 12.6. The lowest BCUT2D eigenvalue weighted by atomic mass is 10.1. The third-order valence-electron chi connectivity index (χ3n) is 2.99. The van der Waals surface area contributed by atoms with Gasteiger partial charge in [-0.3, -0.25) is 4.79 Å². The number of nitrogens with one attached hydrogen (secondary N) is 1. The Morgan fingerprint density at radius 3 is 2.29 bits per heavy atom. The normalized spacial score (nSPS) is 11.5. The minimum absolute atomic E-state index is 0.0974. The van der Waals surface area contributed by atoms with Crippen molar-refractivity contribution in [2.75, 3.05) is 0 Å². The minimum atomic E-state index is -4.54. The third-order valence-corrected chi connectivity index (χ3v) is 2.99. The number of rotatable bonds is 4. The quantitative estimate of drug-likeness (QED) is 0.665. The van der Waals surface area contributed by atoms with Crippen molar-refractivity contribution < 1.29 is 27.9 Å². The van der Waals surface area contributed by atoms with E-state index in [2.05, 4.69) is 10.5 Å². The summed E-state index contributed by atoms with van der Waals surface area (Å²) in [6.45, 7) is 0. The number of amides is 1. The van der Waals surface area contributed by atoms with E-state index in [1.54, 1.807) is 0 Å². The largest absolute Gasteiger partial charge is 0.478 e. The number of halogens is 3. The second-order valence-corrected chi connectivity index (χ2v) is 4.70. The van der Waals surface area contributed by atoms with Crippen molar-refractivity contribution in [3.05, 3.63) is 70.8 Å². The number of nitrogens with zero attached hydrogens (tertiary/aromatic N) is 1. The molecule has 0 saturated heterocycles. The SMILES string of the molecule is O=C(O)c1ccc(/C=N\NC(=O)c2cccc(C(F)(F)F)c2)cc1. The van der Waals surface area contributed by atoms with Crippen molar-refractivity contribution in [1.82, 2.24) is 5.43 Å². The van der Waals surface area contributed by atoms with E-state index in [4.69, 9.17) is 5.11 Å². The van der Waals surface area contributed by atoms with Crippen LogP contribution in [0.15, 0.2) is 53.6 Å². The lowest BCUT2D eigenvalue weighted by Crippen LogP contribution is -2.18. The molecule has 0 heterocycles. The van der Waals surface area contributed by atoms with Gasteiger partial charge < -0.3 is 5.11 Å². The van der Waals surface area contributed by atoms with Gasteiger partial charge in [-0.1, -0.05) is 18.2 Å². The predicted octanol–water partition coefficient (Wildman–Crippen LogP) is 3.17. The highest BCUT2D eigenvalue weighted by molar-refractivity contribution is 5.95. The molecule has 2 N–H and O–H groups in total. The monoisotopic (exact) mass is 336 g/mol. The van der Waals surface area contributed by atoms with E-state index in [0.717, 1.165) is 18.2 Å². The Hall–Kier alpha value is -3.16.